The maximum atomic E-state index is 12.3. The smallest absolute Gasteiger partial charge is 0.272 e. The molecule has 1 amide bonds. The van der Waals surface area contributed by atoms with Crippen molar-refractivity contribution < 1.29 is 14.3 Å². The van der Waals surface area contributed by atoms with Gasteiger partial charge in [-0.25, -0.2) is 0 Å². The third-order valence-electron chi connectivity index (χ3n) is 4.45. The first-order chi connectivity index (χ1) is 10.2. The molecular weight excluding hydrogens is 268 g/mol. The molecule has 114 valence electrons. The Bertz CT molecular complexity index is 486. The fraction of sp³-hybridized carbons (Fsp3) is 0.625. The number of amides is 1. The highest BCUT2D eigenvalue weighted by atomic mass is 16.5. The summed E-state index contributed by atoms with van der Waals surface area (Å²) in [6.45, 7) is 2.97. The molecule has 1 aromatic heterocycles. The van der Waals surface area contributed by atoms with Crippen molar-refractivity contribution in [2.24, 2.45) is 5.92 Å². The number of likely N-dealkylation sites (tertiary alicyclic amines) is 1. The maximum absolute atomic E-state index is 12.3. The second kappa shape index (κ2) is 6.12. The van der Waals surface area contributed by atoms with Crippen LogP contribution in [0.25, 0.3) is 0 Å². The van der Waals surface area contributed by atoms with Gasteiger partial charge in [0.1, 0.15) is 11.3 Å². The summed E-state index contributed by atoms with van der Waals surface area (Å²) in [4.78, 5) is 18.3. The predicted molar refractivity (Wildman–Crippen MR) is 78.0 cm³/mol. The molecule has 0 bridgehead atoms. The van der Waals surface area contributed by atoms with Gasteiger partial charge >= 0.3 is 0 Å². The van der Waals surface area contributed by atoms with Crippen LogP contribution in [0.3, 0.4) is 0 Å². The summed E-state index contributed by atoms with van der Waals surface area (Å²) in [5.41, 5.74) is 0.389. The van der Waals surface area contributed by atoms with Crippen LogP contribution in [0, 0.1) is 5.92 Å². The van der Waals surface area contributed by atoms with Gasteiger partial charge in [0, 0.05) is 26.5 Å². The monoisotopic (exact) mass is 290 g/mol. The average molecular weight is 290 g/mol. The van der Waals surface area contributed by atoms with Crippen molar-refractivity contribution in [3.05, 3.63) is 30.1 Å². The van der Waals surface area contributed by atoms with Gasteiger partial charge < -0.3 is 14.4 Å². The minimum atomic E-state index is -0.124. The predicted octanol–water partition coefficient (Wildman–Crippen LogP) is 1.74. The normalized spacial score (nSPS) is 23.9. The van der Waals surface area contributed by atoms with Gasteiger partial charge in [-0.15, -0.1) is 0 Å². The molecule has 5 heteroatoms. The summed E-state index contributed by atoms with van der Waals surface area (Å²) in [5, 5.41) is 0. The number of aromatic nitrogens is 1. The number of methoxy groups -OCH3 is 1. The standard InChI is InChI=1S/C16H22N2O3/c1-20-8-5-13-6-9-21-16(10-13)11-18(12-16)15(19)14-4-2-3-7-17-14/h2-4,7,13H,5-6,8-12H2,1H3/t13-/m1/s1. The number of hydrogen-bond donors (Lipinski definition) is 0. The number of rotatable bonds is 4. The van der Waals surface area contributed by atoms with Gasteiger partial charge in [-0.3, -0.25) is 9.78 Å². The molecule has 0 unspecified atom stereocenters. The topological polar surface area (TPSA) is 51.7 Å². The largest absolute Gasteiger partial charge is 0.385 e. The highest BCUT2D eigenvalue weighted by Gasteiger charge is 2.49. The molecule has 1 spiro atoms. The Morgan fingerprint density at radius 2 is 2.38 bits per heavy atom. The van der Waals surface area contributed by atoms with Crippen LogP contribution in [0.5, 0.6) is 0 Å². The molecule has 2 aliphatic rings. The Morgan fingerprint density at radius 3 is 3.10 bits per heavy atom. The highest BCUT2D eigenvalue weighted by molar-refractivity contribution is 5.93. The Morgan fingerprint density at radius 1 is 1.52 bits per heavy atom. The summed E-state index contributed by atoms with van der Waals surface area (Å²) in [6.07, 6.45) is 4.86. The molecule has 0 aromatic carbocycles. The molecule has 3 heterocycles. The van der Waals surface area contributed by atoms with E-state index < -0.39 is 0 Å². The Balaban J connectivity index is 1.55. The van der Waals surface area contributed by atoms with E-state index in [0.717, 1.165) is 32.5 Å². The lowest BCUT2D eigenvalue weighted by molar-refractivity contribution is -0.167. The first-order valence-corrected chi connectivity index (χ1v) is 7.56. The van der Waals surface area contributed by atoms with Crippen LogP contribution in [-0.4, -0.2) is 54.8 Å². The van der Waals surface area contributed by atoms with Gasteiger partial charge in [-0.2, -0.15) is 0 Å². The second-order valence-corrected chi connectivity index (χ2v) is 6.05. The van der Waals surface area contributed by atoms with E-state index >= 15 is 0 Å². The number of ether oxygens (including phenoxy) is 2. The minimum Gasteiger partial charge on any atom is -0.385 e. The van der Waals surface area contributed by atoms with Crippen LogP contribution in [0.15, 0.2) is 24.4 Å². The van der Waals surface area contributed by atoms with Crippen LogP contribution >= 0.6 is 0 Å². The van der Waals surface area contributed by atoms with E-state index in [-0.39, 0.29) is 11.5 Å². The molecule has 2 aliphatic heterocycles. The van der Waals surface area contributed by atoms with Gasteiger partial charge in [0.15, 0.2) is 0 Å². The molecule has 0 N–H and O–H groups in total. The molecule has 21 heavy (non-hydrogen) atoms. The number of nitrogens with zero attached hydrogens (tertiary/aromatic N) is 2. The highest BCUT2D eigenvalue weighted by Crippen LogP contribution is 2.38. The lowest BCUT2D eigenvalue weighted by Crippen LogP contribution is -2.66. The zero-order valence-corrected chi connectivity index (χ0v) is 12.5. The summed E-state index contributed by atoms with van der Waals surface area (Å²) in [5.74, 6) is 0.648. The molecular formula is C16H22N2O3. The third-order valence-corrected chi connectivity index (χ3v) is 4.45. The SMILES string of the molecule is COCC[C@@H]1CCOC2(C1)CN(C(=O)c1ccccn1)C2. The van der Waals surface area contributed by atoms with Crippen LogP contribution in [0.1, 0.15) is 29.8 Å². The summed E-state index contributed by atoms with van der Waals surface area (Å²) in [6, 6.07) is 5.42. The number of pyridine rings is 1. The average Bonchev–Trinajstić information content (AvgIpc) is 2.51. The molecule has 2 fully saturated rings. The summed E-state index contributed by atoms with van der Waals surface area (Å²) >= 11 is 0. The van der Waals surface area contributed by atoms with Crippen molar-refractivity contribution in [2.75, 3.05) is 33.4 Å². The van der Waals surface area contributed by atoms with Gasteiger partial charge in [0.05, 0.1) is 13.1 Å². The lowest BCUT2D eigenvalue weighted by atomic mass is 9.79. The van der Waals surface area contributed by atoms with E-state index in [1.165, 1.54) is 0 Å². The molecule has 0 saturated carbocycles. The van der Waals surface area contributed by atoms with Gasteiger partial charge in [-0.1, -0.05) is 6.07 Å². The van der Waals surface area contributed by atoms with Crippen molar-refractivity contribution in [3.8, 4) is 0 Å². The molecule has 0 aliphatic carbocycles. The van der Waals surface area contributed by atoms with E-state index in [9.17, 15) is 4.79 Å². The number of carbonyl (C=O) groups excluding carboxylic acids is 1. The minimum absolute atomic E-state index is 0.00356. The van der Waals surface area contributed by atoms with E-state index in [1.54, 1.807) is 19.4 Å². The third kappa shape index (κ3) is 3.09. The Labute approximate surface area is 125 Å². The van der Waals surface area contributed by atoms with Crippen molar-refractivity contribution in [2.45, 2.75) is 24.9 Å². The summed E-state index contributed by atoms with van der Waals surface area (Å²) in [7, 11) is 1.74. The van der Waals surface area contributed by atoms with E-state index in [4.69, 9.17) is 9.47 Å². The van der Waals surface area contributed by atoms with Gasteiger partial charge in [0.2, 0.25) is 0 Å². The zero-order chi connectivity index (χ0) is 14.7. The van der Waals surface area contributed by atoms with Crippen LogP contribution in [0.4, 0.5) is 0 Å². The first-order valence-electron chi connectivity index (χ1n) is 7.56. The van der Waals surface area contributed by atoms with Crippen molar-refractivity contribution in [1.82, 2.24) is 9.88 Å². The van der Waals surface area contributed by atoms with Gasteiger partial charge in [0.25, 0.3) is 5.91 Å². The van der Waals surface area contributed by atoms with Crippen LogP contribution in [0.2, 0.25) is 0 Å². The maximum Gasteiger partial charge on any atom is 0.272 e. The van der Waals surface area contributed by atoms with E-state index in [1.807, 2.05) is 17.0 Å². The van der Waals surface area contributed by atoms with Gasteiger partial charge in [-0.05, 0) is 37.3 Å². The van der Waals surface area contributed by atoms with Crippen LogP contribution < -0.4 is 0 Å². The van der Waals surface area contributed by atoms with Crippen LogP contribution in [-0.2, 0) is 9.47 Å². The quantitative estimate of drug-likeness (QED) is 0.847. The molecule has 5 nitrogen and oxygen atoms in total. The molecule has 3 rings (SSSR count). The van der Waals surface area contributed by atoms with E-state index in [2.05, 4.69) is 4.98 Å². The fourth-order valence-electron chi connectivity index (χ4n) is 3.32. The van der Waals surface area contributed by atoms with Crippen molar-refractivity contribution in [1.29, 1.82) is 0 Å². The van der Waals surface area contributed by atoms with E-state index in [0.29, 0.717) is 24.7 Å². The summed E-state index contributed by atoms with van der Waals surface area (Å²) < 4.78 is 11.1. The fourth-order valence-corrected chi connectivity index (χ4v) is 3.32. The Hall–Kier alpha value is -1.46. The first kappa shape index (κ1) is 14.5. The molecule has 1 atom stereocenters. The second-order valence-electron chi connectivity index (χ2n) is 6.05. The zero-order valence-electron chi connectivity index (χ0n) is 12.5. The molecule has 2 saturated heterocycles. The molecule has 0 radical (unpaired) electrons. The Kier molecular flexibility index (Phi) is 4.22. The van der Waals surface area contributed by atoms with Crippen molar-refractivity contribution >= 4 is 5.91 Å². The number of carbonyl (C=O) groups is 1. The van der Waals surface area contributed by atoms with Crippen molar-refractivity contribution in [3.63, 3.8) is 0 Å². The lowest BCUT2D eigenvalue weighted by Gasteiger charge is -2.53. The number of hydrogen-bond acceptors (Lipinski definition) is 4. The molecule has 1 aromatic rings.